The van der Waals surface area contributed by atoms with Crippen LogP contribution in [0, 0.1) is 0 Å². The van der Waals surface area contributed by atoms with Crippen LogP contribution in [0.4, 0.5) is 5.69 Å². The zero-order valence-electron chi connectivity index (χ0n) is 9.93. The van der Waals surface area contributed by atoms with Gasteiger partial charge in [-0.3, -0.25) is 0 Å². The molecule has 0 aliphatic rings. The summed E-state index contributed by atoms with van der Waals surface area (Å²) in [6, 6.07) is 10.4. The molecule has 1 aromatic carbocycles. The molecule has 3 nitrogen and oxygen atoms in total. The van der Waals surface area contributed by atoms with E-state index in [9.17, 15) is 0 Å². The fourth-order valence-corrected chi connectivity index (χ4v) is 3.30. The maximum absolute atomic E-state index is 4.53. The minimum atomic E-state index is 0.812. The number of aromatic nitrogens is 2. The summed E-state index contributed by atoms with van der Waals surface area (Å²) >= 11 is 3.43. The van der Waals surface area contributed by atoms with E-state index in [0.29, 0.717) is 0 Å². The number of hydrogen-bond donors (Lipinski definition) is 2. The van der Waals surface area contributed by atoms with E-state index >= 15 is 0 Å². The predicted molar refractivity (Wildman–Crippen MR) is 79.5 cm³/mol. The summed E-state index contributed by atoms with van der Waals surface area (Å²) in [4.78, 5) is 7.71. The van der Waals surface area contributed by atoms with Gasteiger partial charge in [0.1, 0.15) is 0 Å². The van der Waals surface area contributed by atoms with Gasteiger partial charge in [-0.1, -0.05) is 11.8 Å². The Bertz CT molecular complexity index is 643. The minimum Gasteiger partial charge on any atom is -0.379 e. The van der Waals surface area contributed by atoms with Gasteiger partial charge >= 0.3 is 0 Å². The summed E-state index contributed by atoms with van der Waals surface area (Å²) < 4.78 is 2.35. The number of thioether (sulfide) groups is 1. The first-order valence-corrected chi connectivity index (χ1v) is 7.70. The molecule has 2 aromatic heterocycles. The Morgan fingerprint density at radius 3 is 3.11 bits per heavy atom. The van der Waals surface area contributed by atoms with Gasteiger partial charge in [0, 0.05) is 17.6 Å². The minimum absolute atomic E-state index is 0.812. The zero-order valence-corrected chi connectivity index (χ0v) is 11.6. The Labute approximate surface area is 114 Å². The van der Waals surface area contributed by atoms with Crippen LogP contribution in [-0.2, 0) is 6.54 Å². The van der Waals surface area contributed by atoms with Crippen molar-refractivity contribution in [2.75, 3.05) is 11.6 Å². The SMILES string of the molecule is CSc1nc2ccc(NCc3ccc[nH]3)cc2s1. The van der Waals surface area contributed by atoms with E-state index in [2.05, 4.69) is 45.8 Å². The lowest BCUT2D eigenvalue weighted by Gasteiger charge is -2.04. The Balaban J connectivity index is 1.80. The summed E-state index contributed by atoms with van der Waals surface area (Å²) in [5.74, 6) is 0. The molecule has 0 radical (unpaired) electrons. The Morgan fingerprint density at radius 1 is 1.39 bits per heavy atom. The number of aromatic amines is 1. The lowest BCUT2D eigenvalue weighted by atomic mass is 10.3. The van der Waals surface area contributed by atoms with E-state index < -0.39 is 0 Å². The third-order valence-corrected chi connectivity index (χ3v) is 4.69. The number of nitrogens with zero attached hydrogens (tertiary/aromatic N) is 1. The van der Waals surface area contributed by atoms with Crippen molar-refractivity contribution in [3.63, 3.8) is 0 Å². The number of rotatable bonds is 4. The van der Waals surface area contributed by atoms with E-state index in [1.54, 1.807) is 23.1 Å². The molecule has 0 aliphatic heterocycles. The van der Waals surface area contributed by atoms with Crippen LogP contribution in [0.3, 0.4) is 0 Å². The summed E-state index contributed by atoms with van der Waals surface area (Å²) in [5.41, 5.74) is 3.40. The van der Waals surface area contributed by atoms with Gasteiger partial charge in [0.25, 0.3) is 0 Å². The monoisotopic (exact) mass is 275 g/mol. The number of nitrogens with one attached hydrogen (secondary N) is 2. The van der Waals surface area contributed by atoms with Crippen molar-refractivity contribution < 1.29 is 0 Å². The molecule has 0 saturated heterocycles. The van der Waals surface area contributed by atoms with Crippen molar-refractivity contribution in [2.45, 2.75) is 10.9 Å². The van der Waals surface area contributed by atoms with E-state index in [-0.39, 0.29) is 0 Å². The van der Waals surface area contributed by atoms with Crippen LogP contribution >= 0.6 is 23.1 Å². The molecule has 0 bridgehead atoms. The summed E-state index contributed by atoms with van der Waals surface area (Å²) in [5, 5.41) is 3.41. The van der Waals surface area contributed by atoms with Crippen molar-refractivity contribution in [1.82, 2.24) is 9.97 Å². The molecule has 0 unspecified atom stereocenters. The molecule has 0 atom stereocenters. The fourth-order valence-electron chi connectivity index (χ4n) is 1.78. The third-order valence-electron chi connectivity index (χ3n) is 2.69. The number of H-pyrrole nitrogens is 1. The van der Waals surface area contributed by atoms with Gasteiger partial charge in [-0.25, -0.2) is 4.98 Å². The van der Waals surface area contributed by atoms with Crippen molar-refractivity contribution in [3.8, 4) is 0 Å². The molecule has 18 heavy (non-hydrogen) atoms. The third kappa shape index (κ3) is 2.37. The van der Waals surface area contributed by atoms with E-state index in [1.807, 2.05) is 12.3 Å². The van der Waals surface area contributed by atoms with Crippen molar-refractivity contribution in [1.29, 1.82) is 0 Å². The van der Waals surface area contributed by atoms with Gasteiger partial charge in [-0.05, 0) is 36.6 Å². The molecule has 2 heterocycles. The molecule has 3 rings (SSSR count). The molecular formula is C13H13N3S2. The molecule has 0 spiro atoms. The molecule has 0 aliphatic carbocycles. The molecule has 0 saturated carbocycles. The molecule has 0 fully saturated rings. The fraction of sp³-hybridized carbons (Fsp3) is 0.154. The summed E-state index contributed by atoms with van der Waals surface area (Å²) in [6.07, 6.45) is 4.00. The van der Waals surface area contributed by atoms with Crippen LogP contribution in [0.5, 0.6) is 0 Å². The number of anilines is 1. The lowest BCUT2D eigenvalue weighted by Crippen LogP contribution is -1.98. The van der Waals surface area contributed by atoms with Gasteiger partial charge in [-0.15, -0.1) is 11.3 Å². The van der Waals surface area contributed by atoms with Crippen molar-refractivity contribution in [3.05, 3.63) is 42.2 Å². The second-order valence-electron chi connectivity index (χ2n) is 3.92. The number of hydrogen-bond acceptors (Lipinski definition) is 4. The van der Waals surface area contributed by atoms with Crippen LogP contribution in [0.1, 0.15) is 5.69 Å². The average Bonchev–Trinajstić information content (AvgIpc) is 3.04. The first-order chi connectivity index (χ1) is 8.85. The van der Waals surface area contributed by atoms with E-state index in [4.69, 9.17) is 0 Å². The Kier molecular flexibility index (Phi) is 3.25. The smallest absolute Gasteiger partial charge is 0.150 e. The Hall–Kier alpha value is -1.46. The lowest BCUT2D eigenvalue weighted by molar-refractivity contribution is 1.08. The van der Waals surface area contributed by atoms with Crippen LogP contribution in [-0.4, -0.2) is 16.2 Å². The zero-order chi connectivity index (χ0) is 12.4. The standard InChI is InChI=1S/C13H13N3S2/c1-17-13-16-11-5-4-9(7-12(11)18-13)15-8-10-3-2-6-14-10/h2-7,14-15H,8H2,1H3. The second kappa shape index (κ2) is 5.04. The van der Waals surface area contributed by atoms with Crippen LogP contribution in [0.15, 0.2) is 40.9 Å². The quantitative estimate of drug-likeness (QED) is 0.708. The van der Waals surface area contributed by atoms with Crippen LogP contribution in [0.2, 0.25) is 0 Å². The Morgan fingerprint density at radius 2 is 2.33 bits per heavy atom. The van der Waals surface area contributed by atoms with Gasteiger partial charge < -0.3 is 10.3 Å². The topological polar surface area (TPSA) is 40.7 Å². The van der Waals surface area contributed by atoms with Crippen molar-refractivity contribution >= 4 is 39.0 Å². The average molecular weight is 275 g/mol. The molecule has 3 aromatic rings. The number of thiazole rings is 1. The number of fused-ring (bicyclic) bond motifs is 1. The van der Waals surface area contributed by atoms with Crippen LogP contribution in [0.25, 0.3) is 10.2 Å². The molecule has 0 amide bonds. The predicted octanol–water partition coefficient (Wildman–Crippen LogP) is 3.96. The molecule has 5 heteroatoms. The van der Waals surface area contributed by atoms with Gasteiger partial charge in [0.2, 0.25) is 0 Å². The first-order valence-electron chi connectivity index (χ1n) is 5.66. The van der Waals surface area contributed by atoms with Gasteiger partial charge in [-0.2, -0.15) is 0 Å². The van der Waals surface area contributed by atoms with Gasteiger partial charge in [0.15, 0.2) is 4.34 Å². The molecule has 2 N–H and O–H groups in total. The summed E-state index contributed by atoms with van der Waals surface area (Å²) in [7, 11) is 0. The normalized spacial score (nSPS) is 10.9. The van der Waals surface area contributed by atoms with Crippen molar-refractivity contribution in [2.24, 2.45) is 0 Å². The highest BCUT2D eigenvalue weighted by Crippen LogP contribution is 2.29. The molecule has 92 valence electrons. The van der Waals surface area contributed by atoms with Crippen LogP contribution < -0.4 is 5.32 Å². The maximum atomic E-state index is 4.53. The first kappa shape index (κ1) is 11.6. The highest BCUT2D eigenvalue weighted by molar-refractivity contribution is 8.00. The van der Waals surface area contributed by atoms with E-state index in [1.165, 1.54) is 10.4 Å². The number of benzene rings is 1. The van der Waals surface area contributed by atoms with Gasteiger partial charge in [0.05, 0.1) is 16.8 Å². The van der Waals surface area contributed by atoms with E-state index in [0.717, 1.165) is 22.1 Å². The second-order valence-corrected chi connectivity index (χ2v) is 6.00. The highest BCUT2D eigenvalue weighted by Gasteiger charge is 2.03. The highest BCUT2D eigenvalue weighted by atomic mass is 32.2. The molecular weight excluding hydrogens is 262 g/mol. The summed E-state index contributed by atoms with van der Waals surface area (Å²) in [6.45, 7) is 0.812. The largest absolute Gasteiger partial charge is 0.379 e. The maximum Gasteiger partial charge on any atom is 0.150 e.